The molecule has 1 aromatic rings. The molecule has 0 aliphatic carbocycles. The van der Waals surface area contributed by atoms with Crippen molar-refractivity contribution in [2.24, 2.45) is 13.0 Å². The smallest absolute Gasteiger partial charge is 0.364 e. The number of rotatable bonds is 5. The van der Waals surface area contributed by atoms with Crippen molar-refractivity contribution < 1.29 is 4.92 Å². The zero-order valence-electron chi connectivity index (χ0n) is 10.8. The highest BCUT2D eigenvalue weighted by atomic mass is 16.6. The van der Waals surface area contributed by atoms with E-state index >= 15 is 0 Å². The lowest BCUT2D eigenvalue weighted by Gasteiger charge is -2.14. The molecular formula is C11H19N5O2. The van der Waals surface area contributed by atoms with E-state index in [2.05, 4.69) is 22.1 Å². The van der Waals surface area contributed by atoms with Crippen molar-refractivity contribution in [1.29, 1.82) is 0 Å². The first-order valence-electron chi connectivity index (χ1n) is 6.23. The third-order valence-electron chi connectivity index (χ3n) is 3.47. The molecule has 1 aliphatic heterocycles. The molecule has 1 saturated heterocycles. The van der Waals surface area contributed by atoms with Crippen molar-refractivity contribution in [3.8, 4) is 0 Å². The molecule has 0 bridgehead atoms. The zero-order chi connectivity index (χ0) is 13.1. The molecule has 1 aliphatic rings. The maximum atomic E-state index is 10.8. The molecule has 0 radical (unpaired) electrons. The highest BCUT2D eigenvalue weighted by Crippen LogP contribution is 2.23. The van der Waals surface area contributed by atoms with Crippen LogP contribution >= 0.6 is 0 Å². The van der Waals surface area contributed by atoms with Gasteiger partial charge in [-0.25, -0.2) is 0 Å². The molecule has 2 rings (SSSR count). The Morgan fingerprint density at radius 3 is 3.06 bits per heavy atom. The second-order valence-corrected chi connectivity index (χ2v) is 4.71. The van der Waals surface area contributed by atoms with Crippen molar-refractivity contribution in [1.82, 2.24) is 14.5 Å². The Morgan fingerprint density at radius 2 is 2.44 bits per heavy atom. The van der Waals surface area contributed by atoms with Gasteiger partial charge in [0.05, 0.1) is 0 Å². The van der Waals surface area contributed by atoms with Gasteiger partial charge in [0.1, 0.15) is 0 Å². The van der Waals surface area contributed by atoms with Crippen LogP contribution in [0, 0.1) is 16.0 Å². The molecule has 0 spiro atoms. The van der Waals surface area contributed by atoms with Crippen LogP contribution in [0.2, 0.25) is 0 Å². The summed E-state index contributed by atoms with van der Waals surface area (Å²) in [5, 5.41) is 14.0. The van der Waals surface area contributed by atoms with E-state index in [0.29, 0.717) is 11.7 Å². The summed E-state index contributed by atoms with van der Waals surface area (Å²) in [4.78, 5) is 16.5. The average molecular weight is 253 g/mol. The molecule has 0 saturated carbocycles. The standard InChI is InChI=1S/C11H19N5O2/c1-3-15-5-4-9(7-15)6-12-10-11(16(17)18)13-8-14(10)2/h8-9,12H,3-7H2,1-2H3. The van der Waals surface area contributed by atoms with Crippen molar-refractivity contribution in [2.45, 2.75) is 13.3 Å². The molecule has 2 heterocycles. The molecule has 1 atom stereocenters. The number of aryl methyl sites for hydroxylation is 1. The fraction of sp³-hybridized carbons (Fsp3) is 0.727. The van der Waals surface area contributed by atoms with Gasteiger partial charge in [-0.3, -0.25) is 4.57 Å². The van der Waals surface area contributed by atoms with Crippen molar-refractivity contribution in [3.63, 3.8) is 0 Å². The highest BCUT2D eigenvalue weighted by molar-refractivity contribution is 5.51. The molecule has 1 aromatic heterocycles. The second kappa shape index (κ2) is 5.34. The second-order valence-electron chi connectivity index (χ2n) is 4.71. The number of hydrogen-bond donors (Lipinski definition) is 1. The van der Waals surface area contributed by atoms with Crippen LogP contribution in [0.15, 0.2) is 6.33 Å². The van der Waals surface area contributed by atoms with Crippen LogP contribution in [0.25, 0.3) is 0 Å². The Balaban J connectivity index is 1.94. The SMILES string of the molecule is CCN1CCC(CNc2c([N+](=O)[O-])ncn2C)C1. The van der Waals surface area contributed by atoms with Crippen LogP contribution in [0.5, 0.6) is 0 Å². The molecule has 1 N–H and O–H groups in total. The predicted octanol–water partition coefficient (Wildman–Crippen LogP) is 1.08. The Bertz CT molecular complexity index is 431. The molecule has 0 amide bonds. The minimum Gasteiger partial charge on any atom is -0.364 e. The lowest BCUT2D eigenvalue weighted by molar-refractivity contribution is -0.388. The number of aromatic nitrogens is 2. The Morgan fingerprint density at radius 1 is 1.67 bits per heavy atom. The minimum absolute atomic E-state index is 0.0946. The van der Waals surface area contributed by atoms with E-state index < -0.39 is 4.92 Å². The molecule has 1 unspecified atom stereocenters. The Labute approximate surface area is 106 Å². The third kappa shape index (κ3) is 2.61. The van der Waals surface area contributed by atoms with Crippen molar-refractivity contribution >= 4 is 11.6 Å². The Kier molecular flexibility index (Phi) is 3.81. The van der Waals surface area contributed by atoms with Crippen LogP contribution in [0.3, 0.4) is 0 Å². The van der Waals surface area contributed by atoms with Gasteiger partial charge in [-0.05, 0) is 35.3 Å². The lowest BCUT2D eigenvalue weighted by Crippen LogP contribution is -2.23. The number of nitro groups is 1. The van der Waals surface area contributed by atoms with Crippen LogP contribution in [0.4, 0.5) is 11.6 Å². The van der Waals surface area contributed by atoms with E-state index in [1.165, 1.54) is 6.33 Å². The first kappa shape index (κ1) is 12.8. The molecule has 7 nitrogen and oxygen atoms in total. The van der Waals surface area contributed by atoms with Gasteiger partial charge >= 0.3 is 5.82 Å². The number of hydrogen-bond acceptors (Lipinski definition) is 5. The number of nitrogens with zero attached hydrogens (tertiary/aromatic N) is 4. The maximum Gasteiger partial charge on any atom is 0.406 e. The summed E-state index contributed by atoms with van der Waals surface area (Å²) in [6.45, 7) is 6.17. The summed E-state index contributed by atoms with van der Waals surface area (Å²) in [5.41, 5.74) is 0. The number of anilines is 1. The van der Waals surface area contributed by atoms with E-state index in [1.54, 1.807) is 11.6 Å². The monoisotopic (exact) mass is 253 g/mol. The normalized spacial score (nSPS) is 20.2. The van der Waals surface area contributed by atoms with Crippen LogP contribution in [-0.2, 0) is 7.05 Å². The van der Waals surface area contributed by atoms with Crippen molar-refractivity contribution in [3.05, 3.63) is 16.4 Å². The molecule has 7 heteroatoms. The topological polar surface area (TPSA) is 76.2 Å². The number of imidazole rings is 1. The average Bonchev–Trinajstić information content (AvgIpc) is 2.93. The Hall–Kier alpha value is -1.63. The first-order chi connectivity index (χ1) is 8.61. The van der Waals surface area contributed by atoms with E-state index in [-0.39, 0.29) is 5.82 Å². The van der Waals surface area contributed by atoms with Gasteiger partial charge in [-0.1, -0.05) is 6.92 Å². The highest BCUT2D eigenvalue weighted by Gasteiger charge is 2.24. The van der Waals surface area contributed by atoms with Gasteiger partial charge in [-0.2, -0.15) is 0 Å². The minimum atomic E-state index is -0.449. The van der Waals surface area contributed by atoms with E-state index in [4.69, 9.17) is 0 Å². The largest absolute Gasteiger partial charge is 0.406 e. The molecule has 100 valence electrons. The molecule has 0 aromatic carbocycles. The summed E-state index contributed by atoms with van der Waals surface area (Å²) < 4.78 is 1.66. The van der Waals surface area contributed by atoms with E-state index in [1.807, 2.05) is 0 Å². The first-order valence-corrected chi connectivity index (χ1v) is 6.23. The summed E-state index contributed by atoms with van der Waals surface area (Å²) in [6.07, 6.45) is 2.61. The lowest BCUT2D eigenvalue weighted by atomic mass is 10.1. The van der Waals surface area contributed by atoms with Gasteiger partial charge in [0.25, 0.3) is 0 Å². The molecular weight excluding hydrogens is 234 g/mol. The molecule has 1 fully saturated rings. The maximum absolute atomic E-state index is 10.8. The van der Waals surface area contributed by atoms with Crippen molar-refractivity contribution in [2.75, 3.05) is 31.5 Å². The zero-order valence-corrected chi connectivity index (χ0v) is 10.8. The summed E-state index contributed by atoms with van der Waals surface area (Å²) in [6, 6.07) is 0. The molecule has 18 heavy (non-hydrogen) atoms. The summed E-state index contributed by atoms with van der Waals surface area (Å²) >= 11 is 0. The van der Waals surface area contributed by atoms with Crippen LogP contribution < -0.4 is 5.32 Å². The fourth-order valence-electron chi connectivity index (χ4n) is 2.36. The fourth-order valence-corrected chi connectivity index (χ4v) is 2.36. The van der Waals surface area contributed by atoms with Gasteiger partial charge < -0.3 is 20.3 Å². The van der Waals surface area contributed by atoms with Gasteiger partial charge in [0.15, 0.2) is 0 Å². The summed E-state index contributed by atoms with van der Waals surface area (Å²) in [5.74, 6) is 0.956. The summed E-state index contributed by atoms with van der Waals surface area (Å²) in [7, 11) is 1.76. The van der Waals surface area contributed by atoms with Crippen LogP contribution in [0.1, 0.15) is 13.3 Å². The van der Waals surface area contributed by atoms with E-state index in [9.17, 15) is 10.1 Å². The van der Waals surface area contributed by atoms with Gasteiger partial charge in [-0.15, -0.1) is 0 Å². The quantitative estimate of drug-likeness (QED) is 0.627. The number of likely N-dealkylation sites (tertiary alicyclic amines) is 1. The number of nitrogens with one attached hydrogen (secondary N) is 1. The van der Waals surface area contributed by atoms with E-state index in [0.717, 1.165) is 32.6 Å². The third-order valence-corrected chi connectivity index (χ3v) is 3.47. The van der Waals surface area contributed by atoms with Crippen LogP contribution in [-0.4, -0.2) is 45.6 Å². The van der Waals surface area contributed by atoms with Gasteiger partial charge in [0, 0.05) is 20.1 Å². The van der Waals surface area contributed by atoms with Gasteiger partial charge in [0.2, 0.25) is 12.1 Å². The predicted molar refractivity (Wildman–Crippen MR) is 68.6 cm³/mol.